The first-order valence-corrected chi connectivity index (χ1v) is 6.01. The van der Waals surface area contributed by atoms with E-state index in [2.05, 4.69) is 21.0 Å². The molecule has 1 aromatic carbocycles. The van der Waals surface area contributed by atoms with Gasteiger partial charge in [0, 0.05) is 10.7 Å². The molecule has 0 aliphatic rings. The summed E-state index contributed by atoms with van der Waals surface area (Å²) in [6.07, 6.45) is 2.92. The fraction of sp³-hybridized carbons (Fsp3) is 0.250. The lowest BCUT2D eigenvalue weighted by molar-refractivity contribution is 0.862. The monoisotopic (exact) mass is 279 g/mol. The van der Waals surface area contributed by atoms with Crippen molar-refractivity contribution < 1.29 is 0 Å². The van der Waals surface area contributed by atoms with E-state index in [9.17, 15) is 0 Å². The zero-order chi connectivity index (χ0) is 11.5. The standard InChI is InChI=1S/C12H14BrN3/c1-9-10(6-7-14)8-16(15-9)12-4-2-11(13)3-5-12/h2-5,8H,6-7,14H2,1H3. The average Bonchev–Trinajstić information content (AvgIpc) is 2.62. The first-order valence-electron chi connectivity index (χ1n) is 5.22. The number of hydrogen-bond acceptors (Lipinski definition) is 2. The second kappa shape index (κ2) is 4.80. The predicted octanol–water partition coefficient (Wildman–Crippen LogP) is 2.44. The molecule has 2 rings (SSSR count). The van der Waals surface area contributed by atoms with Gasteiger partial charge >= 0.3 is 0 Å². The predicted molar refractivity (Wildman–Crippen MR) is 68.8 cm³/mol. The van der Waals surface area contributed by atoms with Crippen LogP contribution >= 0.6 is 15.9 Å². The molecule has 1 aromatic heterocycles. The Morgan fingerprint density at radius 2 is 2.00 bits per heavy atom. The molecule has 0 atom stereocenters. The Kier molecular flexibility index (Phi) is 3.41. The van der Waals surface area contributed by atoms with E-state index < -0.39 is 0 Å². The molecule has 4 heteroatoms. The van der Waals surface area contributed by atoms with Gasteiger partial charge in [0.15, 0.2) is 0 Å². The fourth-order valence-electron chi connectivity index (χ4n) is 1.62. The quantitative estimate of drug-likeness (QED) is 0.938. The van der Waals surface area contributed by atoms with Crippen LogP contribution < -0.4 is 5.73 Å². The summed E-state index contributed by atoms with van der Waals surface area (Å²) in [5, 5.41) is 4.47. The highest BCUT2D eigenvalue weighted by atomic mass is 79.9. The summed E-state index contributed by atoms with van der Waals surface area (Å²) in [6, 6.07) is 8.08. The van der Waals surface area contributed by atoms with Gasteiger partial charge in [-0.1, -0.05) is 15.9 Å². The van der Waals surface area contributed by atoms with Crippen LogP contribution in [0.3, 0.4) is 0 Å². The number of nitrogens with two attached hydrogens (primary N) is 1. The van der Waals surface area contributed by atoms with Crippen molar-refractivity contribution in [3.63, 3.8) is 0 Å². The number of halogens is 1. The molecule has 0 bridgehead atoms. The number of benzene rings is 1. The number of rotatable bonds is 3. The Morgan fingerprint density at radius 3 is 2.62 bits per heavy atom. The summed E-state index contributed by atoms with van der Waals surface area (Å²) >= 11 is 3.42. The zero-order valence-electron chi connectivity index (χ0n) is 9.15. The second-order valence-electron chi connectivity index (χ2n) is 3.70. The third kappa shape index (κ3) is 2.33. The second-order valence-corrected chi connectivity index (χ2v) is 4.62. The topological polar surface area (TPSA) is 43.8 Å². The van der Waals surface area contributed by atoms with Crippen molar-refractivity contribution in [2.75, 3.05) is 6.54 Å². The van der Waals surface area contributed by atoms with Crippen molar-refractivity contribution in [3.05, 3.63) is 46.2 Å². The maximum Gasteiger partial charge on any atom is 0.0646 e. The molecule has 0 unspecified atom stereocenters. The van der Waals surface area contributed by atoms with Gasteiger partial charge in [0.2, 0.25) is 0 Å². The first-order chi connectivity index (χ1) is 7.70. The maximum atomic E-state index is 5.55. The van der Waals surface area contributed by atoms with Crippen LogP contribution in [-0.4, -0.2) is 16.3 Å². The summed E-state index contributed by atoms with van der Waals surface area (Å²) in [6.45, 7) is 2.67. The van der Waals surface area contributed by atoms with Crippen molar-refractivity contribution >= 4 is 15.9 Å². The van der Waals surface area contributed by atoms with E-state index in [-0.39, 0.29) is 0 Å². The highest BCUT2D eigenvalue weighted by molar-refractivity contribution is 9.10. The van der Waals surface area contributed by atoms with E-state index in [0.717, 1.165) is 22.3 Å². The number of aromatic nitrogens is 2. The van der Waals surface area contributed by atoms with Crippen LogP contribution in [0, 0.1) is 6.92 Å². The van der Waals surface area contributed by atoms with Gasteiger partial charge in [0.25, 0.3) is 0 Å². The molecule has 84 valence electrons. The smallest absolute Gasteiger partial charge is 0.0646 e. The molecular formula is C12H14BrN3. The van der Waals surface area contributed by atoms with Crippen LogP contribution in [0.1, 0.15) is 11.3 Å². The van der Waals surface area contributed by atoms with Crippen LogP contribution in [0.2, 0.25) is 0 Å². The van der Waals surface area contributed by atoms with Crippen molar-refractivity contribution in [1.29, 1.82) is 0 Å². The molecule has 2 aromatic rings. The Hall–Kier alpha value is -1.13. The fourth-order valence-corrected chi connectivity index (χ4v) is 1.89. The lowest BCUT2D eigenvalue weighted by atomic mass is 10.2. The number of aryl methyl sites for hydroxylation is 1. The van der Waals surface area contributed by atoms with E-state index in [1.54, 1.807) is 0 Å². The molecule has 16 heavy (non-hydrogen) atoms. The van der Waals surface area contributed by atoms with E-state index >= 15 is 0 Å². The minimum absolute atomic E-state index is 0.660. The Labute approximate surface area is 103 Å². The molecule has 0 spiro atoms. The number of nitrogens with zero attached hydrogens (tertiary/aromatic N) is 2. The van der Waals surface area contributed by atoms with Crippen molar-refractivity contribution in [1.82, 2.24) is 9.78 Å². The van der Waals surface area contributed by atoms with E-state index in [0.29, 0.717) is 6.54 Å². The summed E-state index contributed by atoms with van der Waals surface area (Å²) in [5.41, 5.74) is 8.88. The minimum Gasteiger partial charge on any atom is -0.330 e. The minimum atomic E-state index is 0.660. The van der Waals surface area contributed by atoms with Gasteiger partial charge in [-0.15, -0.1) is 0 Å². The Morgan fingerprint density at radius 1 is 1.31 bits per heavy atom. The Bertz CT molecular complexity index is 474. The average molecular weight is 280 g/mol. The Balaban J connectivity index is 2.33. The molecule has 2 N–H and O–H groups in total. The van der Waals surface area contributed by atoms with Crippen LogP contribution in [0.15, 0.2) is 34.9 Å². The molecular weight excluding hydrogens is 266 g/mol. The van der Waals surface area contributed by atoms with Crippen LogP contribution in [-0.2, 0) is 6.42 Å². The molecule has 1 heterocycles. The third-order valence-corrected chi connectivity index (χ3v) is 3.03. The van der Waals surface area contributed by atoms with E-state index in [4.69, 9.17) is 5.73 Å². The molecule has 0 amide bonds. The van der Waals surface area contributed by atoms with Crippen LogP contribution in [0.25, 0.3) is 5.69 Å². The zero-order valence-corrected chi connectivity index (χ0v) is 10.7. The molecule has 3 nitrogen and oxygen atoms in total. The summed E-state index contributed by atoms with van der Waals surface area (Å²) in [5.74, 6) is 0. The highest BCUT2D eigenvalue weighted by Crippen LogP contribution is 2.15. The summed E-state index contributed by atoms with van der Waals surface area (Å²) in [4.78, 5) is 0. The molecule has 0 saturated carbocycles. The molecule has 0 saturated heterocycles. The summed E-state index contributed by atoms with van der Waals surface area (Å²) in [7, 11) is 0. The van der Waals surface area contributed by atoms with E-state index in [1.165, 1.54) is 5.56 Å². The van der Waals surface area contributed by atoms with Crippen molar-refractivity contribution in [2.45, 2.75) is 13.3 Å². The largest absolute Gasteiger partial charge is 0.330 e. The van der Waals surface area contributed by atoms with Gasteiger partial charge in [-0.05, 0) is 49.7 Å². The lowest BCUT2D eigenvalue weighted by Crippen LogP contribution is -2.02. The van der Waals surface area contributed by atoms with Gasteiger partial charge in [0.1, 0.15) is 0 Å². The van der Waals surface area contributed by atoms with Crippen molar-refractivity contribution in [3.8, 4) is 5.69 Å². The first kappa shape index (κ1) is 11.4. The third-order valence-electron chi connectivity index (χ3n) is 2.51. The van der Waals surface area contributed by atoms with Crippen LogP contribution in [0.4, 0.5) is 0 Å². The van der Waals surface area contributed by atoms with Crippen LogP contribution in [0.5, 0.6) is 0 Å². The van der Waals surface area contributed by atoms with E-state index in [1.807, 2.05) is 42.1 Å². The van der Waals surface area contributed by atoms with Gasteiger partial charge in [-0.25, -0.2) is 4.68 Å². The molecule has 0 aliphatic carbocycles. The van der Waals surface area contributed by atoms with Gasteiger partial charge in [0.05, 0.1) is 11.4 Å². The van der Waals surface area contributed by atoms with Gasteiger partial charge in [-0.3, -0.25) is 0 Å². The van der Waals surface area contributed by atoms with Crippen molar-refractivity contribution in [2.24, 2.45) is 5.73 Å². The molecule has 0 fully saturated rings. The molecule has 0 aliphatic heterocycles. The maximum absolute atomic E-state index is 5.55. The summed E-state index contributed by atoms with van der Waals surface area (Å²) < 4.78 is 2.97. The SMILES string of the molecule is Cc1nn(-c2ccc(Br)cc2)cc1CCN. The normalized spacial score (nSPS) is 10.7. The molecule has 0 radical (unpaired) electrons. The highest BCUT2D eigenvalue weighted by Gasteiger charge is 2.05. The lowest BCUT2D eigenvalue weighted by Gasteiger charge is -2.00. The number of hydrogen-bond donors (Lipinski definition) is 1. The van der Waals surface area contributed by atoms with Gasteiger partial charge < -0.3 is 5.73 Å². The van der Waals surface area contributed by atoms with Gasteiger partial charge in [-0.2, -0.15) is 5.10 Å².